The minimum atomic E-state index is -0.659. The van der Waals surface area contributed by atoms with Crippen LogP contribution in [0.4, 0.5) is 0 Å². The van der Waals surface area contributed by atoms with Gasteiger partial charge in [0.2, 0.25) is 0 Å². The zero-order valence-electron chi connectivity index (χ0n) is 8.18. The predicted molar refractivity (Wildman–Crippen MR) is 50.0 cm³/mol. The van der Waals surface area contributed by atoms with E-state index in [1.165, 1.54) is 0 Å². The summed E-state index contributed by atoms with van der Waals surface area (Å²) in [5.74, 6) is 0. The molecule has 74 valence electrons. The maximum absolute atomic E-state index is 9.87. The Morgan fingerprint density at radius 2 is 2.08 bits per heavy atom. The molecular weight excluding hydrogens is 154 g/mol. The Hall–Kier alpha value is -0.120. The van der Waals surface area contributed by atoms with Crippen LogP contribution in [0.15, 0.2) is 0 Å². The van der Waals surface area contributed by atoms with Crippen molar-refractivity contribution in [3.05, 3.63) is 0 Å². The average Bonchev–Trinajstić information content (AvgIpc) is 2.06. The summed E-state index contributed by atoms with van der Waals surface area (Å²) in [6.45, 7) is 3.10. The first-order valence-electron chi connectivity index (χ1n) is 4.60. The number of hydrogen-bond donors (Lipinski definition) is 2. The van der Waals surface area contributed by atoms with Crippen LogP contribution < -0.4 is 5.73 Å². The summed E-state index contributed by atoms with van der Waals surface area (Å²) in [5.41, 5.74) is 4.83. The second-order valence-electron chi connectivity index (χ2n) is 3.27. The second-order valence-corrected chi connectivity index (χ2v) is 3.27. The molecule has 0 rings (SSSR count). The molecule has 0 aromatic rings. The zero-order chi connectivity index (χ0) is 9.45. The van der Waals surface area contributed by atoms with Gasteiger partial charge in [-0.2, -0.15) is 0 Å². The molecule has 1 unspecified atom stereocenters. The van der Waals surface area contributed by atoms with Crippen molar-refractivity contribution in [2.75, 3.05) is 20.3 Å². The summed E-state index contributed by atoms with van der Waals surface area (Å²) < 4.78 is 4.91. The van der Waals surface area contributed by atoms with Gasteiger partial charge in [0.15, 0.2) is 0 Å². The van der Waals surface area contributed by atoms with E-state index in [4.69, 9.17) is 10.5 Å². The van der Waals surface area contributed by atoms with Crippen LogP contribution in [0.1, 0.15) is 32.6 Å². The lowest BCUT2D eigenvalue weighted by atomic mass is 9.93. The molecule has 12 heavy (non-hydrogen) atoms. The molecule has 3 N–H and O–H groups in total. The Labute approximate surface area is 74.9 Å². The topological polar surface area (TPSA) is 55.5 Å². The van der Waals surface area contributed by atoms with Gasteiger partial charge in [-0.1, -0.05) is 13.3 Å². The van der Waals surface area contributed by atoms with Gasteiger partial charge in [0.25, 0.3) is 0 Å². The summed E-state index contributed by atoms with van der Waals surface area (Å²) in [7, 11) is 1.67. The van der Waals surface area contributed by atoms with Crippen LogP contribution in [-0.2, 0) is 4.74 Å². The minimum absolute atomic E-state index is 0.352. The average molecular weight is 175 g/mol. The van der Waals surface area contributed by atoms with Crippen molar-refractivity contribution in [1.82, 2.24) is 0 Å². The third-order valence-corrected chi connectivity index (χ3v) is 2.09. The Balaban J connectivity index is 3.63. The molecule has 1 atom stereocenters. The molecule has 0 aliphatic rings. The Bertz CT molecular complexity index is 109. The highest BCUT2D eigenvalue weighted by Crippen LogP contribution is 2.17. The third kappa shape index (κ3) is 4.70. The molecule has 0 heterocycles. The second kappa shape index (κ2) is 6.40. The molecule has 0 radical (unpaired) electrons. The van der Waals surface area contributed by atoms with Crippen molar-refractivity contribution in [3.63, 3.8) is 0 Å². The van der Waals surface area contributed by atoms with Gasteiger partial charge in [0, 0.05) is 20.3 Å². The number of ether oxygens (including phenoxy) is 1. The van der Waals surface area contributed by atoms with E-state index in [2.05, 4.69) is 6.92 Å². The molecule has 0 saturated heterocycles. The Kier molecular flexibility index (Phi) is 6.34. The highest BCUT2D eigenvalue weighted by atomic mass is 16.5. The van der Waals surface area contributed by atoms with Gasteiger partial charge in [0.1, 0.15) is 0 Å². The standard InChI is InChI=1S/C9H21NO2/c1-3-5-9(11,8-10)6-4-7-12-2/h11H,3-8,10H2,1-2H3. The number of nitrogens with two attached hydrogens (primary N) is 1. The van der Waals surface area contributed by atoms with E-state index in [0.29, 0.717) is 13.2 Å². The molecule has 0 aromatic heterocycles. The Morgan fingerprint density at radius 3 is 2.50 bits per heavy atom. The van der Waals surface area contributed by atoms with E-state index < -0.39 is 5.60 Å². The lowest BCUT2D eigenvalue weighted by Crippen LogP contribution is -2.37. The summed E-state index contributed by atoms with van der Waals surface area (Å²) in [6, 6.07) is 0. The first-order chi connectivity index (χ1) is 5.68. The maximum atomic E-state index is 9.87. The van der Waals surface area contributed by atoms with Crippen molar-refractivity contribution in [2.45, 2.75) is 38.2 Å². The van der Waals surface area contributed by atoms with Gasteiger partial charge in [0.05, 0.1) is 5.60 Å². The van der Waals surface area contributed by atoms with Gasteiger partial charge >= 0.3 is 0 Å². The molecule has 0 spiro atoms. The fourth-order valence-electron chi connectivity index (χ4n) is 1.34. The molecule has 0 aliphatic heterocycles. The number of hydrogen-bond acceptors (Lipinski definition) is 3. The molecule has 0 aliphatic carbocycles. The van der Waals surface area contributed by atoms with Gasteiger partial charge in [-0.3, -0.25) is 0 Å². The normalized spacial score (nSPS) is 16.0. The van der Waals surface area contributed by atoms with Gasteiger partial charge in [-0.25, -0.2) is 0 Å². The lowest BCUT2D eigenvalue weighted by molar-refractivity contribution is 0.0222. The first kappa shape index (κ1) is 11.9. The SMILES string of the molecule is CCCC(O)(CN)CCCOC. The van der Waals surface area contributed by atoms with Crippen LogP contribution in [0.3, 0.4) is 0 Å². The van der Waals surface area contributed by atoms with E-state index in [1.807, 2.05) is 0 Å². The summed E-state index contributed by atoms with van der Waals surface area (Å²) in [5, 5.41) is 9.87. The molecule has 0 fully saturated rings. The van der Waals surface area contributed by atoms with E-state index in [-0.39, 0.29) is 0 Å². The van der Waals surface area contributed by atoms with Crippen LogP contribution in [0.25, 0.3) is 0 Å². The largest absolute Gasteiger partial charge is 0.389 e. The van der Waals surface area contributed by atoms with Crippen LogP contribution in [0.2, 0.25) is 0 Å². The highest BCUT2D eigenvalue weighted by molar-refractivity contribution is 4.78. The number of aliphatic hydroxyl groups is 1. The maximum Gasteiger partial charge on any atom is 0.0770 e. The molecular formula is C9H21NO2. The third-order valence-electron chi connectivity index (χ3n) is 2.09. The number of rotatable bonds is 7. The van der Waals surface area contributed by atoms with Crippen molar-refractivity contribution in [3.8, 4) is 0 Å². The predicted octanol–water partition coefficient (Wildman–Crippen LogP) is 0.903. The molecule has 3 nitrogen and oxygen atoms in total. The number of methoxy groups -OCH3 is 1. The van der Waals surface area contributed by atoms with Crippen LogP contribution in [0.5, 0.6) is 0 Å². The fraction of sp³-hybridized carbons (Fsp3) is 1.00. The van der Waals surface area contributed by atoms with Crippen LogP contribution in [-0.4, -0.2) is 31.0 Å². The summed E-state index contributed by atoms with van der Waals surface area (Å²) in [6.07, 6.45) is 3.38. The molecule has 3 heteroatoms. The smallest absolute Gasteiger partial charge is 0.0770 e. The van der Waals surface area contributed by atoms with Crippen molar-refractivity contribution in [1.29, 1.82) is 0 Å². The first-order valence-corrected chi connectivity index (χ1v) is 4.60. The fourth-order valence-corrected chi connectivity index (χ4v) is 1.34. The van der Waals surface area contributed by atoms with Gasteiger partial charge in [-0.15, -0.1) is 0 Å². The molecule has 0 aromatic carbocycles. The zero-order valence-corrected chi connectivity index (χ0v) is 8.18. The van der Waals surface area contributed by atoms with E-state index >= 15 is 0 Å². The highest BCUT2D eigenvalue weighted by Gasteiger charge is 2.22. The molecule has 0 saturated carbocycles. The van der Waals surface area contributed by atoms with E-state index in [9.17, 15) is 5.11 Å². The van der Waals surface area contributed by atoms with Crippen LogP contribution in [0, 0.1) is 0 Å². The summed E-state index contributed by atoms with van der Waals surface area (Å²) in [4.78, 5) is 0. The van der Waals surface area contributed by atoms with Crippen molar-refractivity contribution < 1.29 is 9.84 Å². The minimum Gasteiger partial charge on any atom is -0.389 e. The molecule has 0 amide bonds. The monoisotopic (exact) mass is 175 g/mol. The lowest BCUT2D eigenvalue weighted by Gasteiger charge is -2.25. The quantitative estimate of drug-likeness (QED) is 0.565. The van der Waals surface area contributed by atoms with E-state index in [0.717, 1.165) is 25.7 Å². The van der Waals surface area contributed by atoms with Gasteiger partial charge in [-0.05, 0) is 19.3 Å². The van der Waals surface area contributed by atoms with Crippen LogP contribution >= 0.6 is 0 Å². The van der Waals surface area contributed by atoms with Crippen molar-refractivity contribution >= 4 is 0 Å². The van der Waals surface area contributed by atoms with E-state index in [1.54, 1.807) is 7.11 Å². The van der Waals surface area contributed by atoms with Crippen molar-refractivity contribution in [2.24, 2.45) is 5.73 Å². The van der Waals surface area contributed by atoms with Gasteiger partial charge < -0.3 is 15.6 Å². The molecule has 0 bridgehead atoms. The summed E-state index contributed by atoms with van der Waals surface area (Å²) >= 11 is 0. The Morgan fingerprint density at radius 1 is 1.42 bits per heavy atom.